The summed E-state index contributed by atoms with van der Waals surface area (Å²) < 4.78 is 0. The van der Waals surface area contributed by atoms with Gasteiger partial charge in [-0.3, -0.25) is 0 Å². The van der Waals surface area contributed by atoms with Crippen LogP contribution in [-0.2, 0) is 0 Å². The van der Waals surface area contributed by atoms with Crippen LogP contribution in [0.5, 0.6) is 0 Å². The van der Waals surface area contributed by atoms with Gasteiger partial charge < -0.3 is 10.4 Å². The van der Waals surface area contributed by atoms with E-state index in [4.69, 9.17) is 17.3 Å². The summed E-state index contributed by atoms with van der Waals surface area (Å²) in [6, 6.07) is 0. The van der Waals surface area contributed by atoms with Crippen LogP contribution in [0.4, 0.5) is 0 Å². The molecule has 0 saturated carbocycles. The SMILES string of the molecule is CNC(=S)C(C)(C)O. The lowest BCUT2D eigenvalue weighted by Gasteiger charge is -2.17. The van der Waals surface area contributed by atoms with Gasteiger partial charge in [-0.2, -0.15) is 0 Å². The Labute approximate surface area is 54.9 Å². The number of hydrogen-bond acceptors (Lipinski definition) is 2. The van der Waals surface area contributed by atoms with E-state index in [-0.39, 0.29) is 0 Å². The first-order valence-electron chi connectivity index (χ1n) is 2.43. The molecule has 0 atom stereocenters. The van der Waals surface area contributed by atoms with Crippen LogP contribution in [0.1, 0.15) is 13.8 Å². The Morgan fingerprint density at radius 2 is 2.00 bits per heavy atom. The maximum Gasteiger partial charge on any atom is 0.109 e. The summed E-state index contributed by atoms with van der Waals surface area (Å²) in [4.78, 5) is 0.470. The van der Waals surface area contributed by atoms with Gasteiger partial charge in [0.1, 0.15) is 10.6 Å². The second-order valence-electron chi connectivity index (χ2n) is 2.14. The van der Waals surface area contributed by atoms with E-state index < -0.39 is 5.60 Å². The van der Waals surface area contributed by atoms with Crippen molar-refractivity contribution in [1.29, 1.82) is 0 Å². The van der Waals surface area contributed by atoms with Crippen LogP contribution in [0.2, 0.25) is 0 Å². The molecule has 0 radical (unpaired) electrons. The molecule has 0 aliphatic heterocycles. The summed E-state index contributed by atoms with van der Waals surface area (Å²) in [5, 5.41) is 11.8. The van der Waals surface area contributed by atoms with Crippen LogP contribution in [0, 0.1) is 0 Å². The lowest BCUT2D eigenvalue weighted by Crippen LogP contribution is -2.38. The Balaban J connectivity index is 3.82. The van der Waals surface area contributed by atoms with Crippen molar-refractivity contribution in [3.05, 3.63) is 0 Å². The van der Waals surface area contributed by atoms with Crippen molar-refractivity contribution in [3.8, 4) is 0 Å². The van der Waals surface area contributed by atoms with Gasteiger partial charge in [0.15, 0.2) is 0 Å². The molecule has 0 aromatic heterocycles. The third kappa shape index (κ3) is 2.23. The number of rotatable bonds is 1. The minimum atomic E-state index is -0.871. The summed E-state index contributed by atoms with van der Waals surface area (Å²) in [5.74, 6) is 0. The zero-order valence-corrected chi connectivity index (χ0v) is 6.17. The summed E-state index contributed by atoms with van der Waals surface area (Å²) in [7, 11) is 1.69. The van der Waals surface area contributed by atoms with Crippen molar-refractivity contribution in [2.75, 3.05) is 7.05 Å². The molecule has 0 unspecified atom stereocenters. The Morgan fingerprint density at radius 3 is 2.00 bits per heavy atom. The van der Waals surface area contributed by atoms with Gasteiger partial charge in [-0.25, -0.2) is 0 Å². The third-order valence-corrected chi connectivity index (χ3v) is 1.49. The van der Waals surface area contributed by atoms with Crippen molar-refractivity contribution < 1.29 is 5.11 Å². The van der Waals surface area contributed by atoms with Crippen LogP contribution in [0.3, 0.4) is 0 Å². The highest BCUT2D eigenvalue weighted by atomic mass is 32.1. The van der Waals surface area contributed by atoms with Crippen molar-refractivity contribution in [2.45, 2.75) is 19.4 Å². The molecule has 0 fully saturated rings. The van der Waals surface area contributed by atoms with Gasteiger partial charge in [0.05, 0.1) is 0 Å². The zero-order chi connectivity index (χ0) is 6.78. The Bertz CT molecular complexity index is 95.1. The predicted octanol–water partition coefficient (Wildman–Crippen LogP) is 0.304. The second-order valence-corrected chi connectivity index (χ2v) is 2.55. The monoisotopic (exact) mass is 133 g/mol. The van der Waals surface area contributed by atoms with Crippen molar-refractivity contribution in [1.82, 2.24) is 5.32 Å². The first kappa shape index (κ1) is 7.85. The molecule has 0 amide bonds. The van der Waals surface area contributed by atoms with E-state index in [0.29, 0.717) is 4.99 Å². The molecule has 0 spiro atoms. The minimum absolute atomic E-state index is 0.470. The number of hydrogen-bond donors (Lipinski definition) is 2. The summed E-state index contributed by atoms with van der Waals surface area (Å²) >= 11 is 4.73. The van der Waals surface area contributed by atoms with Gasteiger partial charge in [0.2, 0.25) is 0 Å². The van der Waals surface area contributed by atoms with E-state index >= 15 is 0 Å². The molecule has 0 aromatic carbocycles. The molecule has 0 heterocycles. The van der Waals surface area contributed by atoms with Crippen LogP contribution in [-0.4, -0.2) is 22.7 Å². The van der Waals surface area contributed by atoms with E-state index in [2.05, 4.69) is 5.32 Å². The molecule has 0 aliphatic rings. The van der Waals surface area contributed by atoms with E-state index in [1.807, 2.05) is 0 Å². The molecule has 0 aromatic rings. The largest absolute Gasteiger partial charge is 0.383 e. The molecule has 2 N–H and O–H groups in total. The van der Waals surface area contributed by atoms with Gasteiger partial charge >= 0.3 is 0 Å². The fourth-order valence-electron chi connectivity index (χ4n) is 0.306. The maximum atomic E-state index is 9.08. The fourth-order valence-corrected chi connectivity index (χ4v) is 0.306. The average molecular weight is 133 g/mol. The number of nitrogens with one attached hydrogen (secondary N) is 1. The third-order valence-electron chi connectivity index (χ3n) is 0.783. The number of aliphatic hydroxyl groups is 1. The molecule has 0 rings (SSSR count). The van der Waals surface area contributed by atoms with E-state index in [9.17, 15) is 0 Å². The molecular weight excluding hydrogens is 122 g/mol. The average Bonchev–Trinajstić information content (AvgIpc) is 1.62. The smallest absolute Gasteiger partial charge is 0.109 e. The van der Waals surface area contributed by atoms with Crippen molar-refractivity contribution >= 4 is 17.2 Å². The van der Waals surface area contributed by atoms with E-state index in [1.54, 1.807) is 20.9 Å². The highest BCUT2D eigenvalue weighted by molar-refractivity contribution is 7.80. The zero-order valence-electron chi connectivity index (χ0n) is 5.36. The predicted molar refractivity (Wildman–Crippen MR) is 38.0 cm³/mol. The topological polar surface area (TPSA) is 32.3 Å². The second kappa shape index (κ2) is 2.42. The first-order chi connectivity index (χ1) is 3.48. The molecule has 8 heavy (non-hydrogen) atoms. The van der Waals surface area contributed by atoms with Crippen molar-refractivity contribution in [3.63, 3.8) is 0 Å². The van der Waals surface area contributed by atoms with Crippen LogP contribution in [0.15, 0.2) is 0 Å². The number of likely N-dealkylation sites (N-methyl/N-ethyl adjacent to an activating group) is 1. The Kier molecular flexibility index (Phi) is 2.37. The maximum absolute atomic E-state index is 9.08. The van der Waals surface area contributed by atoms with Gasteiger partial charge in [-0.1, -0.05) is 12.2 Å². The standard InChI is InChI=1S/C5H11NOS/c1-5(2,7)4(8)6-3/h7H,1-3H3,(H,6,8). The molecule has 0 aliphatic carbocycles. The normalized spacial score (nSPS) is 11.0. The van der Waals surface area contributed by atoms with Crippen LogP contribution in [0.25, 0.3) is 0 Å². The quantitative estimate of drug-likeness (QED) is 0.505. The van der Waals surface area contributed by atoms with Gasteiger partial charge in [-0.05, 0) is 13.8 Å². The fraction of sp³-hybridized carbons (Fsp3) is 0.800. The van der Waals surface area contributed by atoms with E-state index in [1.165, 1.54) is 0 Å². The molecule has 0 saturated heterocycles. The summed E-state index contributed by atoms with van der Waals surface area (Å²) in [6.07, 6.45) is 0. The number of thiocarbonyl (C=S) groups is 1. The van der Waals surface area contributed by atoms with Crippen LogP contribution >= 0.6 is 12.2 Å². The molecule has 0 bridgehead atoms. The minimum Gasteiger partial charge on any atom is -0.383 e. The Morgan fingerprint density at radius 1 is 1.62 bits per heavy atom. The van der Waals surface area contributed by atoms with Gasteiger partial charge in [-0.15, -0.1) is 0 Å². The van der Waals surface area contributed by atoms with Gasteiger partial charge in [0.25, 0.3) is 0 Å². The van der Waals surface area contributed by atoms with Crippen LogP contribution < -0.4 is 5.32 Å². The lowest BCUT2D eigenvalue weighted by atomic mass is 10.1. The molecule has 2 nitrogen and oxygen atoms in total. The molecule has 3 heteroatoms. The molecule has 48 valence electrons. The highest BCUT2D eigenvalue weighted by Crippen LogP contribution is 2.00. The molecular formula is C5H11NOS. The van der Waals surface area contributed by atoms with E-state index in [0.717, 1.165) is 0 Å². The Hall–Kier alpha value is -0.150. The highest BCUT2D eigenvalue weighted by Gasteiger charge is 2.16. The summed E-state index contributed by atoms with van der Waals surface area (Å²) in [6.45, 7) is 3.29. The van der Waals surface area contributed by atoms with Gasteiger partial charge in [0, 0.05) is 7.05 Å². The van der Waals surface area contributed by atoms with Crippen molar-refractivity contribution in [2.24, 2.45) is 0 Å². The lowest BCUT2D eigenvalue weighted by molar-refractivity contribution is 0.153. The summed E-state index contributed by atoms with van der Waals surface area (Å²) in [5.41, 5.74) is -0.871. The first-order valence-corrected chi connectivity index (χ1v) is 2.84.